The second-order valence-electron chi connectivity index (χ2n) is 7.02. The van der Waals surface area contributed by atoms with Gasteiger partial charge in [0.15, 0.2) is 0 Å². The number of likely N-dealkylation sites (tertiary alicyclic amines) is 1. The van der Waals surface area contributed by atoms with Crippen LogP contribution in [0.5, 0.6) is 0 Å². The Morgan fingerprint density at radius 1 is 1.33 bits per heavy atom. The van der Waals surface area contributed by atoms with Crippen LogP contribution in [0.3, 0.4) is 0 Å². The molecule has 3 rings (SSSR count). The highest BCUT2D eigenvalue weighted by molar-refractivity contribution is 5.74. The highest BCUT2D eigenvalue weighted by Crippen LogP contribution is 2.47. The van der Waals surface area contributed by atoms with Crippen LogP contribution in [0, 0.1) is 5.41 Å². The Morgan fingerprint density at radius 3 is 2.62 bits per heavy atom. The van der Waals surface area contributed by atoms with E-state index in [1.54, 1.807) is 0 Å². The zero-order valence-corrected chi connectivity index (χ0v) is 12.6. The molecule has 2 heterocycles. The molecule has 1 unspecified atom stereocenters. The molecule has 1 spiro atoms. The quantitative estimate of drug-likeness (QED) is 0.705. The van der Waals surface area contributed by atoms with Gasteiger partial charge in [0.05, 0.1) is 5.60 Å². The Bertz CT molecular complexity index is 392. The minimum atomic E-state index is -0.678. The first kappa shape index (κ1) is 15.1. The van der Waals surface area contributed by atoms with Gasteiger partial charge in [0, 0.05) is 44.3 Å². The lowest BCUT2D eigenvalue weighted by atomic mass is 9.66. The lowest BCUT2D eigenvalue weighted by Crippen LogP contribution is -2.45. The van der Waals surface area contributed by atoms with Gasteiger partial charge in [0.25, 0.3) is 0 Å². The molecule has 3 aliphatic rings. The number of hydrogen-bond acceptors (Lipinski definition) is 4. The molecule has 0 bridgehead atoms. The molecular weight excluding hydrogens is 270 g/mol. The fourth-order valence-electron chi connectivity index (χ4n) is 3.82. The maximum atomic E-state index is 12.2. The van der Waals surface area contributed by atoms with Gasteiger partial charge in [-0.1, -0.05) is 6.42 Å². The lowest BCUT2D eigenvalue weighted by molar-refractivity contribution is -0.0670. The van der Waals surface area contributed by atoms with Crippen LogP contribution < -0.4 is 11.1 Å². The number of carbonyl (C=O) groups is 1. The van der Waals surface area contributed by atoms with Gasteiger partial charge in [-0.25, -0.2) is 4.79 Å². The molecule has 0 aromatic heterocycles. The summed E-state index contributed by atoms with van der Waals surface area (Å²) in [5, 5.41) is 13.3. The van der Waals surface area contributed by atoms with Crippen LogP contribution >= 0.6 is 0 Å². The van der Waals surface area contributed by atoms with E-state index in [0.717, 1.165) is 19.4 Å². The fraction of sp³-hybridized carbons (Fsp3) is 0.933. The average Bonchev–Trinajstić information content (AvgIpc) is 2.77. The topological polar surface area (TPSA) is 87.8 Å². The SMILES string of the molecule is NC1CN(C(=O)NCCC2(O)CCOCC2)CC12CCC2. The normalized spacial score (nSPS) is 30.2. The van der Waals surface area contributed by atoms with Crippen LogP contribution in [0.2, 0.25) is 0 Å². The number of hydrogen-bond donors (Lipinski definition) is 3. The van der Waals surface area contributed by atoms with Crippen molar-refractivity contribution in [2.75, 3.05) is 32.8 Å². The van der Waals surface area contributed by atoms with Gasteiger partial charge >= 0.3 is 6.03 Å². The van der Waals surface area contributed by atoms with Crippen LogP contribution in [-0.2, 0) is 4.74 Å². The van der Waals surface area contributed by atoms with Crippen LogP contribution in [-0.4, -0.2) is 60.5 Å². The van der Waals surface area contributed by atoms with E-state index >= 15 is 0 Å². The molecule has 6 heteroatoms. The van der Waals surface area contributed by atoms with E-state index in [2.05, 4.69) is 5.32 Å². The zero-order valence-electron chi connectivity index (χ0n) is 12.6. The molecule has 0 radical (unpaired) electrons. The molecular formula is C15H27N3O3. The molecule has 2 amide bonds. The smallest absolute Gasteiger partial charge is 0.317 e. The number of carbonyl (C=O) groups excluding carboxylic acids is 1. The number of ether oxygens (including phenoxy) is 1. The number of amides is 2. The van der Waals surface area contributed by atoms with Crippen molar-refractivity contribution < 1.29 is 14.6 Å². The van der Waals surface area contributed by atoms with Crippen LogP contribution in [0.15, 0.2) is 0 Å². The third-order valence-electron chi connectivity index (χ3n) is 5.64. The van der Waals surface area contributed by atoms with Crippen LogP contribution in [0.1, 0.15) is 38.5 Å². The summed E-state index contributed by atoms with van der Waals surface area (Å²) >= 11 is 0. The molecule has 21 heavy (non-hydrogen) atoms. The summed E-state index contributed by atoms with van der Waals surface area (Å²) in [6, 6.07) is 0.0848. The Labute approximate surface area is 126 Å². The molecule has 1 aliphatic carbocycles. The Balaban J connectivity index is 1.42. The van der Waals surface area contributed by atoms with Gasteiger partial charge in [-0.15, -0.1) is 0 Å². The maximum Gasteiger partial charge on any atom is 0.317 e. The minimum Gasteiger partial charge on any atom is -0.390 e. The zero-order chi connectivity index (χ0) is 14.9. The van der Waals surface area contributed by atoms with Crippen LogP contribution in [0.25, 0.3) is 0 Å². The standard InChI is InChI=1S/C15H27N3O3/c16-12-10-18(11-14(12)2-1-3-14)13(19)17-7-4-15(20)5-8-21-9-6-15/h12,20H,1-11,16H2,(H,17,19). The summed E-state index contributed by atoms with van der Waals surface area (Å²) < 4.78 is 5.26. The number of rotatable bonds is 3. The van der Waals surface area contributed by atoms with Crippen LogP contribution in [0.4, 0.5) is 4.79 Å². The summed E-state index contributed by atoms with van der Waals surface area (Å²) in [7, 11) is 0. The van der Waals surface area contributed by atoms with Gasteiger partial charge in [-0.3, -0.25) is 0 Å². The molecule has 3 fully saturated rings. The molecule has 2 aliphatic heterocycles. The first-order chi connectivity index (χ1) is 10.0. The van der Waals surface area contributed by atoms with E-state index in [0.29, 0.717) is 45.6 Å². The van der Waals surface area contributed by atoms with E-state index in [4.69, 9.17) is 10.5 Å². The predicted octanol–water partition coefficient (Wildman–Crippen LogP) is 0.441. The highest BCUT2D eigenvalue weighted by Gasteiger charge is 2.49. The molecule has 1 saturated carbocycles. The summed E-state index contributed by atoms with van der Waals surface area (Å²) in [5.74, 6) is 0. The van der Waals surface area contributed by atoms with Crippen molar-refractivity contribution in [3.8, 4) is 0 Å². The number of nitrogens with one attached hydrogen (secondary N) is 1. The van der Waals surface area contributed by atoms with Gasteiger partial charge in [0.2, 0.25) is 0 Å². The van der Waals surface area contributed by atoms with Gasteiger partial charge in [0.1, 0.15) is 0 Å². The van der Waals surface area contributed by atoms with Crippen molar-refractivity contribution in [3.05, 3.63) is 0 Å². The molecule has 1 atom stereocenters. The van der Waals surface area contributed by atoms with Crippen molar-refractivity contribution >= 4 is 6.03 Å². The van der Waals surface area contributed by atoms with Crippen molar-refractivity contribution in [3.63, 3.8) is 0 Å². The van der Waals surface area contributed by atoms with Gasteiger partial charge < -0.3 is 25.8 Å². The monoisotopic (exact) mass is 297 g/mol. The third-order valence-corrected chi connectivity index (χ3v) is 5.64. The van der Waals surface area contributed by atoms with E-state index in [1.807, 2.05) is 4.90 Å². The summed E-state index contributed by atoms with van der Waals surface area (Å²) in [6.45, 7) is 3.16. The second-order valence-corrected chi connectivity index (χ2v) is 7.02. The third kappa shape index (κ3) is 3.03. The highest BCUT2D eigenvalue weighted by atomic mass is 16.5. The van der Waals surface area contributed by atoms with Crippen molar-refractivity contribution in [2.45, 2.75) is 50.2 Å². The molecule has 120 valence electrons. The molecule has 2 saturated heterocycles. The minimum absolute atomic E-state index is 0.0371. The van der Waals surface area contributed by atoms with Gasteiger partial charge in [-0.2, -0.15) is 0 Å². The van der Waals surface area contributed by atoms with E-state index in [9.17, 15) is 9.90 Å². The predicted molar refractivity (Wildman–Crippen MR) is 78.9 cm³/mol. The number of nitrogens with zero attached hydrogens (tertiary/aromatic N) is 1. The fourth-order valence-corrected chi connectivity index (χ4v) is 3.82. The van der Waals surface area contributed by atoms with E-state index < -0.39 is 5.60 Å². The molecule has 4 N–H and O–H groups in total. The van der Waals surface area contributed by atoms with E-state index in [1.165, 1.54) is 6.42 Å². The molecule has 0 aromatic carbocycles. The van der Waals surface area contributed by atoms with Crippen molar-refractivity contribution in [1.82, 2.24) is 10.2 Å². The summed E-state index contributed by atoms with van der Waals surface area (Å²) in [4.78, 5) is 14.1. The average molecular weight is 297 g/mol. The number of nitrogens with two attached hydrogens (primary N) is 1. The number of aliphatic hydroxyl groups is 1. The number of urea groups is 1. The Kier molecular flexibility index (Phi) is 4.12. The van der Waals surface area contributed by atoms with Gasteiger partial charge in [-0.05, 0) is 32.1 Å². The first-order valence-electron chi connectivity index (χ1n) is 8.12. The maximum absolute atomic E-state index is 12.2. The van der Waals surface area contributed by atoms with Crippen molar-refractivity contribution in [2.24, 2.45) is 11.1 Å². The largest absolute Gasteiger partial charge is 0.390 e. The first-order valence-corrected chi connectivity index (χ1v) is 8.12. The molecule has 0 aromatic rings. The summed E-state index contributed by atoms with van der Waals surface area (Å²) in [5.41, 5.74) is 5.71. The Morgan fingerprint density at radius 2 is 2.05 bits per heavy atom. The second kappa shape index (κ2) is 5.74. The van der Waals surface area contributed by atoms with Crippen molar-refractivity contribution in [1.29, 1.82) is 0 Å². The Hall–Kier alpha value is -0.850. The van der Waals surface area contributed by atoms with E-state index in [-0.39, 0.29) is 17.5 Å². The lowest BCUT2D eigenvalue weighted by Gasteiger charge is -2.41. The molecule has 6 nitrogen and oxygen atoms in total. The summed E-state index contributed by atoms with van der Waals surface area (Å²) in [6.07, 6.45) is 5.43.